The Morgan fingerprint density at radius 3 is 2.64 bits per heavy atom. The zero-order chi connectivity index (χ0) is 10.7. The molecule has 0 bridgehead atoms. The van der Waals surface area contributed by atoms with Crippen molar-refractivity contribution in [1.82, 2.24) is 15.5 Å². The second-order valence-electron chi connectivity index (χ2n) is 3.79. The van der Waals surface area contributed by atoms with Gasteiger partial charge in [-0.3, -0.25) is 10.1 Å². The van der Waals surface area contributed by atoms with Gasteiger partial charge in [0.25, 0.3) is 5.91 Å². The van der Waals surface area contributed by atoms with Gasteiger partial charge in [-0.2, -0.15) is 0 Å². The first kappa shape index (κ1) is 11.0. The van der Waals surface area contributed by atoms with Crippen molar-refractivity contribution in [3.05, 3.63) is 0 Å². The molecule has 2 N–H and O–H groups in total. The smallest absolute Gasteiger partial charge is 0.319 e. The maximum Gasteiger partial charge on any atom is 0.324 e. The number of hydrogen-bond donors (Lipinski definition) is 2. The van der Waals surface area contributed by atoms with Crippen LogP contribution in [-0.2, 0) is 4.79 Å². The summed E-state index contributed by atoms with van der Waals surface area (Å²) in [5.41, 5.74) is 0. The van der Waals surface area contributed by atoms with E-state index in [0.29, 0.717) is 12.5 Å². The summed E-state index contributed by atoms with van der Waals surface area (Å²) in [5.74, 6) is 0.144. The molecule has 2 unspecified atom stereocenters. The molecule has 80 valence electrons. The van der Waals surface area contributed by atoms with E-state index in [1.165, 1.54) is 0 Å². The number of nitrogens with zero attached hydrogens (tertiary/aromatic N) is 1. The van der Waals surface area contributed by atoms with Gasteiger partial charge in [-0.1, -0.05) is 6.92 Å². The minimum Gasteiger partial charge on any atom is -0.319 e. The van der Waals surface area contributed by atoms with E-state index in [9.17, 15) is 9.59 Å². The molecule has 2 atom stereocenters. The zero-order valence-electron chi connectivity index (χ0n) is 8.83. The van der Waals surface area contributed by atoms with Crippen molar-refractivity contribution in [2.24, 2.45) is 5.92 Å². The van der Waals surface area contributed by atoms with E-state index in [1.807, 2.05) is 14.0 Å². The molecule has 0 aliphatic carbocycles. The van der Waals surface area contributed by atoms with Gasteiger partial charge in [0.15, 0.2) is 0 Å². The molecule has 1 aliphatic rings. The molecule has 5 nitrogen and oxygen atoms in total. The molecule has 1 saturated heterocycles. The lowest BCUT2D eigenvalue weighted by atomic mass is 10.1. The number of carbonyl (C=O) groups is 2. The molecule has 1 fully saturated rings. The van der Waals surface area contributed by atoms with Gasteiger partial charge in [0, 0.05) is 6.54 Å². The summed E-state index contributed by atoms with van der Waals surface area (Å²) in [6.45, 7) is 5.23. The third-order valence-corrected chi connectivity index (χ3v) is 2.40. The number of imide groups is 1. The minimum atomic E-state index is -0.332. The van der Waals surface area contributed by atoms with Gasteiger partial charge in [-0.15, -0.1) is 0 Å². The minimum absolute atomic E-state index is 0.202. The molecule has 0 radical (unpaired) electrons. The van der Waals surface area contributed by atoms with Crippen LogP contribution in [0.1, 0.15) is 13.8 Å². The van der Waals surface area contributed by atoms with Crippen molar-refractivity contribution < 1.29 is 9.59 Å². The highest BCUT2D eigenvalue weighted by molar-refractivity contribution is 6.03. The van der Waals surface area contributed by atoms with Crippen molar-refractivity contribution in [3.8, 4) is 0 Å². The van der Waals surface area contributed by atoms with Crippen LogP contribution in [0.3, 0.4) is 0 Å². The number of hydrogen-bond acceptors (Lipinski definition) is 3. The summed E-state index contributed by atoms with van der Waals surface area (Å²) in [5, 5.41) is 5.33. The van der Waals surface area contributed by atoms with E-state index in [-0.39, 0.29) is 18.0 Å². The van der Waals surface area contributed by atoms with Crippen LogP contribution in [0.4, 0.5) is 4.79 Å². The number of carbonyl (C=O) groups excluding carboxylic acids is 2. The summed E-state index contributed by atoms with van der Waals surface area (Å²) in [6.07, 6.45) is 0. The SMILES string of the molecule is CNCC(C)CN1C(=O)NC(=O)C1C. The van der Waals surface area contributed by atoms with Crippen LogP contribution in [0.25, 0.3) is 0 Å². The lowest BCUT2D eigenvalue weighted by Gasteiger charge is -2.22. The van der Waals surface area contributed by atoms with E-state index in [2.05, 4.69) is 10.6 Å². The van der Waals surface area contributed by atoms with E-state index in [0.717, 1.165) is 6.54 Å². The van der Waals surface area contributed by atoms with Crippen LogP contribution in [-0.4, -0.2) is 43.0 Å². The molecule has 0 aromatic heterocycles. The normalized spacial score (nSPS) is 23.9. The third kappa shape index (κ3) is 2.23. The predicted molar refractivity (Wildman–Crippen MR) is 52.8 cm³/mol. The molecule has 1 aliphatic heterocycles. The highest BCUT2D eigenvalue weighted by Gasteiger charge is 2.35. The molecule has 0 aromatic carbocycles. The standard InChI is InChI=1S/C9H17N3O2/c1-6(4-10-3)5-12-7(2)8(13)11-9(12)14/h6-7,10H,4-5H2,1-3H3,(H,11,13,14). The monoisotopic (exact) mass is 199 g/mol. The summed E-state index contributed by atoms with van der Waals surface area (Å²) in [4.78, 5) is 24.0. The van der Waals surface area contributed by atoms with Crippen LogP contribution in [0.15, 0.2) is 0 Å². The zero-order valence-corrected chi connectivity index (χ0v) is 8.83. The fraction of sp³-hybridized carbons (Fsp3) is 0.778. The van der Waals surface area contributed by atoms with Crippen LogP contribution < -0.4 is 10.6 Å². The van der Waals surface area contributed by atoms with Gasteiger partial charge < -0.3 is 10.2 Å². The largest absolute Gasteiger partial charge is 0.324 e. The van der Waals surface area contributed by atoms with Gasteiger partial charge in [-0.05, 0) is 26.4 Å². The molecule has 3 amide bonds. The maximum atomic E-state index is 11.3. The predicted octanol–water partition coefficient (Wildman–Crippen LogP) is -0.218. The Kier molecular flexibility index (Phi) is 3.46. The van der Waals surface area contributed by atoms with Crippen LogP contribution in [0.5, 0.6) is 0 Å². The molecule has 1 heterocycles. The van der Waals surface area contributed by atoms with Gasteiger partial charge in [0.05, 0.1) is 0 Å². The number of rotatable bonds is 4. The van der Waals surface area contributed by atoms with E-state index in [4.69, 9.17) is 0 Å². The number of amides is 3. The van der Waals surface area contributed by atoms with Gasteiger partial charge >= 0.3 is 6.03 Å². The Morgan fingerprint density at radius 2 is 2.21 bits per heavy atom. The molecule has 14 heavy (non-hydrogen) atoms. The molecule has 0 spiro atoms. The van der Waals surface area contributed by atoms with E-state index in [1.54, 1.807) is 11.8 Å². The Bertz CT molecular complexity index is 242. The maximum absolute atomic E-state index is 11.3. The Hall–Kier alpha value is -1.10. The Morgan fingerprint density at radius 1 is 1.57 bits per heavy atom. The van der Waals surface area contributed by atoms with Crippen LogP contribution in [0.2, 0.25) is 0 Å². The lowest BCUT2D eigenvalue weighted by molar-refractivity contribution is -0.121. The highest BCUT2D eigenvalue weighted by atomic mass is 16.2. The van der Waals surface area contributed by atoms with Gasteiger partial charge in [-0.25, -0.2) is 4.79 Å². The topological polar surface area (TPSA) is 61.4 Å². The Balaban J connectivity index is 2.51. The fourth-order valence-electron chi connectivity index (χ4n) is 1.59. The van der Waals surface area contributed by atoms with Crippen LogP contribution >= 0.6 is 0 Å². The Labute approximate surface area is 83.8 Å². The molecule has 0 saturated carbocycles. The quantitative estimate of drug-likeness (QED) is 0.615. The first-order valence-corrected chi connectivity index (χ1v) is 4.82. The summed E-state index contributed by atoms with van der Waals surface area (Å²) in [6, 6.07) is -0.604. The van der Waals surface area contributed by atoms with Crippen molar-refractivity contribution in [1.29, 1.82) is 0 Å². The first-order chi connectivity index (χ1) is 6.56. The molecule has 5 heteroatoms. The molecule has 0 aromatic rings. The summed E-state index contributed by atoms with van der Waals surface area (Å²) >= 11 is 0. The summed E-state index contributed by atoms with van der Waals surface area (Å²) in [7, 11) is 1.87. The van der Waals surface area contributed by atoms with E-state index < -0.39 is 0 Å². The number of nitrogens with one attached hydrogen (secondary N) is 2. The van der Waals surface area contributed by atoms with Gasteiger partial charge in [0.2, 0.25) is 0 Å². The molecule has 1 rings (SSSR count). The second-order valence-corrected chi connectivity index (χ2v) is 3.79. The van der Waals surface area contributed by atoms with Crippen LogP contribution in [0, 0.1) is 5.92 Å². The average Bonchev–Trinajstić information content (AvgIpc) is 2.33. The van der Waals surface area contributed by atoms with Crippen molar-refractivity contribution in [2.45, 2.75) is 19.9 Å². The fourth-order valence-corrected chi connectivity index (χ4v) is 1.59. The van der Waals surface area contributed by atoms with Crippen molar-refractivity contribution in [2.75, 3.05) is 20.1 Å². The lowest BCUT2D eigenvalue weighted by Crippen LogP contribution is -2.38. The van der Waals surface area contributed by atoms with Crippen molar-refractivity contribution in [3.63, 3.8) is 0 Å². The first-order valence-electron chi connectivity index (χ1n) is 4.82. The third-order valence-electron chi connectivity index (χ3n) is 2.40. The molecular formula is C9H17N3O2. The second kappa shape index (κ2) is 4.41. The summed E-state index contributed by atoms with van der Waals surface area (Å²) < 4.78 is 0. The highest BCUT2D eigenvalue weighted by Crippen LogP contribution is 2.10. The average molecular weight is 199 g/mol. The van der Waals surface area contributed by atoms with E-state index >= 15 is 0 Å². The van der Waals surface area contributed by atoms with Crippen molar-refractivity contribution >= 4 is 11.9 Å². The molecular weight excluding hydrogens is 182 g/mol. The van der Waals surface area contributed by atoms with Gasteiger partial charge in [0.1, 0.15) is 6.04 Å². The number of urea groups is 1.